The van der Waals surface area contributed by atoms with E-state index in [2.05, 4.69) is 10.3 Å². The Bertz CT molecular complexity index is 753. The van der Waals surface area contributed by atoms with E-state index >= 15 is 0 Å². The number of rotatable bonds is 7. The first-order valence-electron chi connectivity index (χ1n) is 9.67. The topological polar surface area (TPSA) is 118 Å². The van der Waals surface area contributed by atoms with Crippen LogP contribution in [0.4, 0.5) is 10.5 Å². The van der Waals surface area contributed by atoms with Crippen LogP contribution < -0.4 is 5.32 Å². The fraction of sp³-hybridized carbons (Fsp3) is 0.600. The standard InChI is InChI=1S/C20H29N3O6/c1-5-6-8-23(20(17(25)26)7-9-28-13-20)16(24)14-10-15(12-21-11-14)22-18(27)29-19(2,3)4/h10-12H,5-9,13H2,1-4H3,(H,22,27)(H,25,26)/t20-/m0/s1. The minimum Gasteiger partial charge on any atom is -0.479 e. The molecule has 1 aromatic heterocycles. The summed E-state index contributed by atoms with van der Waals surface area (Å²) in [7, 11) is 0. The summed E-state index contributed by atoms with van der Waals surface area (Å²) < 4.78 is 10.5. The van der Waals surface area contributed by atoms with Crippen molar-refractivity contribution >= 4 is 23.7 Å². The molecule has 9 heteroatoms. The van der Waals surface area contributed by atoms with E-state index in [1.165, 1.54) is 23.4 Å². The van der Waals surface area contributed by atoms with Gasteiger partial charge in [-0.1, -0.05) is 13.3 Å². The van der Waals surface area contributed by atoms with E-state index in [1.807, 2.05) is 6.92 Å². The van der Waals surface area contributed by atoms with Gasteiger partial charge in [0.1, 0.15) is 5.60 Å². The number of carboxylic acids is 1. The Morgan fingerprint density at radius 1 is 1.34 bits per heavy atom. The number of hydrogen-bond donors (Lipinski definition) is 2. The molecule has 2 N–H and O–H groups in total. The first-order chi connectivity index (χ1) is 13.6. The van der Waals surface area contributed by atoms with Crippen LogP contribution in [0.15, 0.2) is 18.5 Å². The molecule has 2 rings (SSSR count). The molecule has 0 aliphatic carbocycles. The molecule has 160 valence electrons. The number of unbranched alkanes of at least 4 members (excludes halogenated alkanes) is 1. The van der Waals surface area contributed by atoms with Gasteiger partial charge in [0.2, 0.25) is 0 Å². The SMILES string of the molecule is CCCCN(C(=O)c1cncc(NC(=O)OC(C)(C)C)c1)[C@@]1(C(=O)O)CCOC1. The van der Waals surface area contributed by atoms with Crippen molar-refractivity contribution in [3.63, 3.8) is 0 Å². The summed E-state index contributed by atoms with van der Waals surface area (Å²) in [6, 6.07) is 1.46. The predicted octanol–water partition coefficient (Wildman–Crippen LogP) is 2.91. The molecule has 0 aromatic carbocycles. The molecule has 1 aliphatic rings. The monoisotopic (exact) mass is 407 g/mol. The van der Waals surface area contributed by atoms with Crippen molar-refractivity contribution in [3.05, 3.63) is 24.0 Å². The van der Waals surface area contributed by atoms with Crippen LogP contribution >= 0.6 is 0 Å². The van der Waals surface area contributed by atoms with Crippen molar-refractivity contribution in [2.45, 2.75) is 58.1 Å². The molecule has 1 fully saturated rings. The highest BCUT2D eigenvalue weighted by Crippen LogP contribution is 2.29. The average molecular weight is 407 g/mol. The molecule has 9 nitrogen and oxygen atoms in total. The van der Waals surface area contributed by atoms with Crippen molar-refractivity contribution in [2.24, 2.45) is 0 Å². The van der Waals surface area contributed by atoms with Gasteiger partial charge in [0.25, 0.3) is 5.91 Å². The second-order valence-electron chi connectivity index (χ2n) is 8.04. The lowest BCUT2D eigenvalue weighted by Gasteiger charge is -2.36. The molecular weight excluding hydrogens is 378 g/mol. The van der Waals surface area contributed by atoms with Gasteiger partial charge in [-0.15, -0.1) is 0 Å². The average Bonchev–Trinajstić information content (AvgIpc) is 3.11. The summed E-state index contributed by atoms with van der Waals surface area (Å²) in [5.41, 5.74) is -1.60. The number of pyridine rings is 1. The largest absolute Gasteiger partial charge is 0.479 e. The number of nitrogens with zero attached hydrogens (tertiary/aromatic N) is 2. The van der Waals surface area contributed by atoms with Gasteiger partial charge in [-0.2, -0.15) is 0 Å². The van der Waals surface area contributed by atoms with E-state index < -0.39 is 29.1 Å². The fourth-order valence-electron chi connectivity index (χ4n) is 3.08. The van der Waals surface area contributed by atoms with Gasteiger partial charge < -0.3 is 19.5 Å². The Hall–Kier alpha value is -2.68. The number of nitrogens with one attached hydrogen (secondary N) is 1. The van der Waals surface area contributed by atoms with Gasteiger partial charge in [0.05, 0.1) is 24.1 Å². The van der Waals surface area contributed by atoms with E-state index in [-0.39, 0.29) is 37.4 Å². The van der Waals surface area contributed by atoms with Gasteiger partial charge in [-0.3, -0.25) is 15.1 Å². The quantitative estimate of drug-likeness (QED) is 0.713. The van der Waals surface area contributed by atoms with Crippen molar-refractivity contribution in [3.8, 4) is 0 Å². The molecule has 1 saturated heterocycles. The smallest absolute Gasteiger partial charge is 0.412 e. The maximum atomic E-state index is 13.2. The number of anilines is 1. The van der Waals surface area contributed by atoms with Crippen molar-refractivity contribution < 1.29 is 29.0 Å². The third-order valence-electron chi connectivity index (χ3n) is 4.53. The number of amides is 2. The second kappa shape index (κ2) is 9.21. The molecule has 2 amide bonds. The van der Waals surface area contributed by atoms with Gasteiger partial charge in [-0.05, 0) is 33.3 Å². The van der Waals surface area contributed by atoms with Gasteiger partial charge in [0, 0.05) is 25.8 Å². The molecule has 1 atom stereocenters. The highest BCUT2D eigenvalue weighted by molar-refractivity contribution is 5.99. The molecule has 2 heterocycles. The third kappa shape index (κ3) is 5.66. The highest BCUT2D eigenvalue weighted by Gasteiger charge is 2.49. The number of carbonyl (C=O) groups excluding carboxylic acids is 2. The van der Waals surface area contributed by atoms with E-state index in [4.69, 9.17) is 9.47 Å². The predicted molar refractivity (Wildman–Crippen MR) is 106 cm³/mol. The lowest BCUT2D eigenvalue weighted by molar-refractivity contribution is -0.150. The lowest BCUT2D eigenvalue weighted by Crippen LogP contribution is -2.58. The molecule has 0 bridgehead atoms. The van der Waals surface area contributed by atoms with E-state index in [1.54, 1.807) is 20.8 Å². The van der Waals surface area contributed by atoms with Crippen LogP contribution in [0.1, 0.15) is 57.3 Å². The Kier molecular flexibility index (Phi) is 7.18. The van der Waals surface area contributed by atoms with Crippen LogP contribution in [-0.2, 0) is 14.3 Å². The van der Waals surface area contributed by atoms with Crippen LogP contribution in [0.25, 0.3) is 0 Å². The molecule has 29 heavy (non-hydrogen) atoms. The number of aliphatic carboxylic acids is 1. The fourth-order valence-corrected chi connectivity index (χ4v) is 3.08. The summed E-state index contributed by atoms with van der Waals surface area (Å²) in [4.78, 5) is 42.6. The second-order valence-corrected chi connectivity index (χ2v) is 8.04. The maximum Gasteiger partial charge on any atom is 0.412 e. The molecule has 0 unspecified atom stereocenters. The molecule has 0 spiro atoms. The first kappa shape index (κ1) is 22.6. The molecule has 1 aliphatic heterocycles. The normalized spacial score (nSPS) is 18.9. The number of carboxylic acid groups (broad SMARTS) is 1. The number of hydrogen-bond acceptors (Lipinski definition) is 6. The zero-order chi connectivity index (χ0) is 21.7. The first-order valence-corrected chi connectivity index (χ1v) is 9.67. The summed E-state index contributed by atoms with van der Waals surface area (Å²) in [5.74, 6) is -1.55. The van der Waals surface area contributed by atoms with Crippen molar-refractivity contribution in [1.29, 1.82) is 0 Å². The van der Waals surface area contributed by atoms with E-state index in [0.29, 0.717) is 6.42 Å². The number of carbonyl (C=O) groups is 3. The van der Waals surface area contributed by atoms with Crippen LogP contribution in [0.5, 0.6) is 0 Å². The molecule has 1 aromatic rings. The van der Waals surface area contributed by atoms with Crippen LogP contribution in [0.3, 0.4) is 0 Å². The zero-order valence-electron chi connectivity index (χ0n) is 17.4. The summed E-state index contributed by atoms with van der Waals surface area (Å²) in [6.07, 6.45) is 3.76. The van der Waals surface area contributed by atoms with Crippen LogP contribution in [-0.4, -0.2) is 63.9 Å². The Morgan fingerprint density at radius 3 is 2.62 bits per heavy atom. The van der Waals surface area contributed by atoms with Crippen LogP contribution in [0, 0.1) is 0 Å². The van der Waals surface area contributed by atoms with E-state index in [9.17, 15) is 19.5 Å². The summed E-state index contributed by atoms with van der Waals surface area (Å²) in [6.45, 7) is 7.70. The van der Waals surface area contributed by atoms with Gasteiger partial charge in [0.15, 0.2) is 5.54 Å². The van der Waals surface area contributed by atoms with Crippen molar-refractivity contribution in [1.82, 2.24) is 9.88 Å². The molecule has 0 radical (unpaired) electrons. The third-order valence-corrected chi connectivity index (χ3v) is 4.53. The van der Waals surface area contributed by atoms with Crippen LogP contribution in [0.2, 0.25) is 0 Å². The Morgan fingerprint density at radius 2 is 2.07 bits per heavy atom. The Balaban J connectivity index is 2.27. The minimum absolute atomic E-state index is 0.0545. The highest BCUT2D eigenvalue weighted by atomic mass is 16.6. The van der Waals surface area contributed by atoms with Crippen molar-refractivity contribution in [2.75, 3.05) is 25.1 Å². The minimum atomic E-state index is -1.40. The molecule has 0 saturated carbocycles. The van der Waals surface area contributed by atoms with Gasteiger partial charge >= 0.3 is 12.1 Å². The molecular formula is C20H29N3O6. The summed E-state index contributed by atoms with van der Waals surface area (Å²) >= 11 is 0. The summed E-state index contributed by atoms with van der Waals surface area (Å²) in [5, 5.41) is 12.4. The number of aromatic nitrogens is 1. The zero-order valence-corrected chi connectivity index (χ0v) is 17.4. The van der Waals surface area contributed by atoms with E-state index in [0.717, 1.165) is 6.42 Å². The number of ether oxygens (including phenoxy) is 2. The maximum absolute atomic E-state index is 13.2. The Labute approximate surface area is 170 Å². The lowest BCUT2D eigenvalue weighted by atomic mass is 9.94. The van der Waals surface area contributed by atoms with Gasteiger partial charge in [-0.25, -0.2) is 9.59 Å².